The number of nitro benzene ring substituents is 1. The van der Waals surface area contributed by atoms with Crippen LogP contribution in [0.2, 0.25) is 0 Å². The minimum absolute atomic E-state index is 0.0591. The zero-order valence-corrected chi connectivity index (χ0v) is 17.6. The molecule has 0 radical (unpaired) electrons. The molecule has 2 aromatic rings. The highest BCUT2D eigenvalue weighted by Crippen LogP contribution is 2.24. The largest absolute Gasteiger partial charge is 0.383 e. The first kappa shape index (κ1) is 22.9. The summed E-state index contributed by atoms with van der Waals surface area (Å²) in [7, 11) is 0. The molecule has 10 heteroatoms. The van der Waals surface area contributed by atoms with E-state index in [1.54, 1.807) is 6.92 Å². The second-order valence-electron chi connectivity index (χ2n) is 7.57. The number of aryl methyl sites for hydroxylation is 1. The summed E-state index contributed by atoms with van der Waals surface area (Å²) in [4.78, 5) is 52.2. The normalized spacial score (nSPS) is 11.0. The molecule has 0 aliphatic heterocycles. The van der Waals surface area contributed by atoms with Crippen molar-refractivity contribution in [2.45, 2.75) is 47.1 Å². The zero-order chi connectivity index (χ0) is 22.6. The number of amides is 1. The third-order valence-electron chi connectivity index (χ3n) is 4.66. The first-order valence-corrected chi connectivity index (χ1v) is 9.77. The van der Waals surface area contributed by atoms with Gasteiger partial charge >= 0.3 is 5.69 Å². The molecule has 0 saturated heterocycles. The second-order valence-corrected chi connectivity index (χ2v) is 7.57. The van der Waals surface area contributed by atoms with Crippen molar-refractivity contribution in [3.05, 3.63) is 60.3 Å². The Morgan fingerprint density at radius 2 is 2.00 bits per heavy atom. The molecule has 0 unspecified atom stereocenters. The first-order chi connectivity index (χ1) is 14.1. The lowest BCUT2D eigenvalue weighted by Crippen LogP contribution is -2.42. The summed E-state index contributed by atoms with van der Waals surface area (Å²) in [6.07, 6.45) is 1.31. The molecule has 1 amide bonds. The Bertz CT molecular complexity index is 1070. The van der Waals surface area contributed by atoms with Crippen LogP contribution in [-0.2, 0) is 6.54 Å². The number of unbranched alkanes of at least 4 members (excludes halogenated alkanes) is 1. The number of hydrogen-bond acceptors (Lipinski definition) is 6. The minimum atomic E-state index is -0.774. The van der Waals surface area contributed by atoms with Crippen LogP contribution in [0, 0.1) is 23.0 Å². The van der Waals surface area contributed by atoms with Gasteiger partial charge in [0.05, 0.1) is 4.92 Å². The Kier molecular flexibility index (Phi) is 7.14. The van der Waals surface area contributed by atoms with Gasteiger partial charge in [0, 0.05) is 30.3 Å². The smallest absolute Gasteiger partial charge is 0.330 e. The van der Waals surface area contributed by atoms with Crippen molar-refractivity contribution in [2.75, 3.05) is 17.2 Å². The van der Waals surface area contributed by atoms with Gasteiger partial charge in [-0.3, -0.25) is 29.3 Å². The van der Waals surface area contributed by atoms with Gasteiger partial charge in [-0.15, -0.1) is 0 Å². The van der Waals surface area contributed by atoms with E-state index in [1.807, 2.05) is 20.8 Å². The molecule has 2 rings (SSSR count). The fourth-order valence-electron chi connectivity index (χ4n) is 3.11. The number of nitrogen functional groups attached to an aromatic ring is 1. The predicted molar refractivity (Wildman–Crippen MR) is 115 cm³/mol. The molecule has 1 aromatic carbocycles. The number of benzene rings is 1. The van der Waals surface area contributed by atoms with Crippen LogP contribution in [0.25, 0.3) is 0 Å². The van der Waals surface area contributed by atoms with Gasteiger partial charge < -0.3 is 10.6 Å². The first-order valence-electron chi connectivity index (χ1n) is 9.77. The Morgan fingerprint density at radius 3 is 2.57 bits per heavy atom. The number of aromatic amines is 1. The average molecular weight is 417 g/mol. The zero-order valence-electron chi connectivity index (χ0n) is 17.6. The second kappa shape index (κ2) is 9.38. The van der Waals surface area contributed by atoms with Crippen molar-refractivity contribution in [1.82, 2.24) is 9.55 Å². The van der Waals surface area contributed by atoms with Crippen LogP contribution in [0.15, 0.2) is 27.8 Å². The molecule has 0 fully saturated rings. The molecule has 10 nitrogen and oxygen atoms in total. The van der Waals surface area contributed by atoms with Gasteiger partial charge in [-0.1, -0.05) is 33.3 Å². The summed E-state index contributed by atoms with van der Waals surface area (Å²) >= 11 is 0. The lowest BCUT2D eigenvalue weighted by Gasteiger charge is -2.25. The van der Waals surface area contributed by atoms with Gasteiger partial charge in [0.25, 0.3) is 17.2 Å². The number of H-pyrrole nitrogens is 1. The Hall–Kier alpha value is -3.43. The van der Waals surface area contributed by atoms with Crippen molar-refractivity contribution in [3.8, 4) is 0 Å². The van der Waals surface area contributed by atoms with Crippen LogP contribution < -0.4 is 21.9 Å². The number of carbonyl (C=O) groups excluding carboxylic acids is 1. The number of nitrogens with one attached hydrogen (secondary N) is 1. The topological polar surface area (TPSA) is 144 Å². The van der Waals surface area contributed by atoms with Crippen molar-refractivity contribution >= 4 is 23.1 Å². The summed E-state index contributed by atoms with van der Waals surface area (Å²) in [5.41, 5.74) is 4.90. The molecule has 0 atom stereocenters. The number of hydrogen-bond donors (Lipinski definition) is 2. The van der Waals surface area contributed by atoms with Crippen LogP contribution in [0.5, 0.6) is 0 Å². The van der Waals surface area contributed by atoms with Crippen LogP contribution in [0.4, 0.5) is 17.2 Å². The molecule has 1 heterocycles. The SMILES string of the molecule is CCCCN(C(=O)c1ccc(C)c([N+](=O)[O-])c1)c1c(N)n(CC(C)C)c(=O)[nH]c1=O. The lowest BCUT2D eigenvalue weighted by atomic mass is 10.1. The molecular weight excluding hydrogens is 390 g/mol. The maximum Gasteiger partial charge on any atom is 0.330 e. The van der Waals surface area contributed by atoms with Gasteiger partial charge in [-0.2, -0.15) is 0 Å². The monoisotopic (exact) mass is 417 g/mol. The number of nitrogens with zero attached hydrogens (tertiary/aromatic N) is 3. The van der Waals surface area contributed by atoms with Crippen molar-refractivity contribution in [3.63, 3.8) is 0 Å². The van der Waals surface area contributed by atoms with Gasteiger partial charge in [-0.05, 0) is 25.3 Å². The molecule has 30 heavy (non-hydrogen) atoms. The van der Waals surface area contributed by atoms with Crippen LogP contribution in [-0.4, -0.2) is 26.9 Å². The third kappa shape index (κ3) is 4.76. The fraction of sp³-hybridized carbons (Fsp3) is 0.450. The Labute approximate surface area is 173 Å². The van der Waals surface area contributed by atoms with Crippen molar-refractivity contribution in [2.24, 2.45) is 5.92 Å². The van der Waals surface area contributed by atoms with E-state index in [1.165, 1.54) is 27.7 Å². The number of nitro groups is 1. The Balaban J connectivity index is 2.65. The van der Waals surface area contributed by atoms with Crippen LogP contribution in [0.3, 0.4) is 0 Å². The van der Waals surface area contributed by atoms with E-state index >= 15 is 0 Å². The van der Waals surface area contributed by atoms with E-state index in [-0.39, 0.29) is 41.8 Å². The number of rotatable bonds is 8. The standard InChI is InChI=1S/C20H27N5O5/c1-5-6-9-23(19(27)14-8-7-13(4)15(10-14)25(29)30)16-17(21)24(11-12(2)3)20(28)22-18(16)26/h7-8,10,12H,5-6,9,11,21H2,1-4H3,(H,22,26,28). The third-order valence-corrected chi connectivity index (χ3v) is 4.66. The van der Waals surface area contributed by atoms with Gasteiger partial charge in [-0.25, -0.2) is 4.79 Å². The van der Waals surface area contributed by atoms with Gasteiger partial charge in [0.2, 0.25) is 0 Å². The molecule has 162 valence electrons. The number of nitrogens with two attached hydrogens (primary N) is 1. The summed E-state index contributed by atoms with van der Waals surface area (Å²) in [5.74, 6) is -0.634. The summed E-state index contributed by atoms with van der Waals surface area (Å²) in [6.45, 7) is 7.72. The van der Waals surface area contributed by atoms with Crippen molar-refractivity contribution in [1.29, 1.82) is 0 Å². The van der Waals surface area contributed by atoms with Crippen LogP contribution in [0.1, 0.15) is 49.5 Å². The molecule has 0 spiro atoms. The molecule has 0 bridgehead atoms. The molecule has 0 aliphatic carbocycles. The highest BCUT2D eigenvalue weighted by atomic mass is 16.6. The summed E-state index contributed by atoms with van der Waals surface area (Å²) < 4.78 is 1.23. The predicted octanol–water partition coefficient (Wildman–Crippen LogP) is 2.44. The highest BCUT2D eigenvalue weighted by Gasteiger charge is 2.26. The summed E-state index contributed by atoms with van der Waals surface area (Å²) in [5, 5.41) is 11.3. The molecular formula is C20H27N5O5. The van der Waals surface area contributed by atoms with E-state index < -0.39 is 22.1 Å². The fourth-order valence-corrected chi connectivity index (χ4v) is 3.11. The molecule has 1 aromatic heterocycles. The number of aromatic nitrogens is 2. The maximum atomic E-state index is 13.3. The molecule has 0 saturated carbocycles. The van der Waals surface area contributed by atoms with Gasteiger partial charge in [0.1, 0.15) is 5.82 Å². The van der Waals surface area contributed by atoms with E-state index in [2.05, 4.69) is 4.98 Å². The quantitative estimate of drug-likeness (QED) is 0.498. The average Bonchev–Trinajstić information content (AvgIpc) is 2.67. The lowest BCUT2D eigenvalue weighted by molar-refractivity contribution is -0.385. The maximum absolute atomic E-state index is 13.3. The Morgan fingerprint density at radius 1 is 1.33 bits per heavy atom. The molecule has 3 N–H and O–H groups in total. The van der Waals surface area contributed by atoms with E-state index in [9.17, 15) is 24.5 Å². The van der Waals surface area contributed by atoms with E-state index in [4.69, 9.17) is 5.73 Å². The number of carbonyl (C=O) groups is 1. The van der Waals surface area contributed by atoms with Gasteiger partial charge in [0.15, 0.2) is 5.69 Å². The summed E-state index contributed by atoms with van der Waals surface area (Å²) in [6, 6.07) is 4.14. The minimum Gasteiger partial charge on any atom is -0.383 e. The molecule has 0 aliphatic rings. The van der Waals surface area contributed by atoms with Crippen LogP contribution >= 0.6 is 0 Å². The van der Waals surface area contributed by atoms with Crippen molar-refractivity contribution < 1.29 is 9.72 Å². The highest BCUT2D eigenvalue weighted by molar-refractivity contribution is 6.07. The van der Waals surface area contributed by atoms with E-state index in [0.29, 0.717) is 12.0 Å². The van der Waals surface area contributed by atoms with E-state index in [0.717, 1.165) is 6.42 Å². The number of anilines is 2.